The van der Waals surface area contributed by atoms with Gasteiger partial charge in [-0.15, -0.1) is 0 Å². The van der Waals surface area contributed by atoms with Gasteiger partial charge in [0.2, 0.25) is 0 Å². The first-order valence-corrected chi connectivity index (χ1v) is 4.26. The Bertz CT molecular complexity index is 528. The second-order valence-corrected chi connectivity index (χ2v) is 3.38. The summed E-state index contributed by atoms with van der Waals surface area (Å²) in [4.78, 5) is 17.6. The molecule has 0 saturated carbocycles. The SMILES string of the molecule is Cn1c(=O)[nH]c2nc(Cl)c(Cl)cc21. The first kappa shape index (κ1) is 8.59. The van der Waals surface area contributed by atoms with Crippen LogP contribution in [0.4, 0.5) is 0 Å². The molecule has 0 aromatic carbocycles. The molecule has 2 rings (SSSR count). The van der Waals surface area contributed by atoms with Gasteiger partial charge in [-0.2, -0.15) is 0 Å². The number of nitrogens with one attached hydrogen (secondary N) is 1. The zero-order chi connectivity index (χ0) is 9.59. The van der Waals surface area contributed by atoms with E-state index < -0.39 is 0 Å². The van der Waals surface area contributed by atoms with Crippen LogP contribution < -0.4 is 5.69 Å². The maximum atomic E-state index is 11.1. The predicted octanol–water partition coefficient (Wildman–Crippen LogP) is 1.57. The topological polar surface area (TPSA) is 50.7 Å². The van der Waals surface area contributed by atoms with E-state index >= 15 is 0 Å². The molecule has 0 radical (unpaired) electrons. The maximum absolute atomic E-state index is 11.1. The van der Waals surface area contributed by atoms with Gasteiger partial charge in [-0.25, -0.2) is 9.78 Å². The van der Waals surface area contributed by atoms with Gasteiger partial charge >= 0.3 is 5.69 Å². The number of imidazole rings is 1. The summed E-state index contributed by atoms with van der Waals surface area (Å²) in [5.41, 5.74) is 0.849. The number of hydrogen-bond acceptors (Lipinski definition) is 2. The van der Waals surface area contributed by atoms with Crippen molar-refractivity contribution in [1.82, 2.24) is 14.5 Å². The van der Waals surface area contributed by atoms with Crippen molar-refractivity contribution >= 4 is 34.4 Å². The summed E-state index contributed by atoms with van der Waals surface area (Å²) in [5.74, 6) is 0. The van der Waals surface area contributed by atoms with E-state index in [-0.39, 0.29) is 10.8 Å². The maximum Gasteiger partial charge on any atom is 0.327 e. The van der Waals surface area contributed by atoms with E-state index in [1.54, 1.807) is 13.1 Å². The highest BCUT2D eigenvalue weighted by atomic mass is 35.5. The first-order chi connectivity index (χ1) is 6.09. The largest absolute Gasteiger partial charge is 0.327 e. The van der Waals surface area contributed by atoms with Crippen LogP contribution in [0.5, 0.6) is 0 Å². The van der Waals surface area contributed by atoms with Crippen LogP contribution in [-0.4, -0.2) is 14.5 Å². The van der Waals surface area contributed by atoms with Crippen LogP contribution in [-0.2, 0) is 7.05 Å². The van der Waals surface area contributed by atoms with Crippen LogP contribution in [0.15, 0.2) is 10.9 Å². The summed E-state index contributed by atoms with van der Waals surface area (Å²) >= 11 is 11.4. The standard InChI is InChI=1S/C7H5Cl2N3O/c1-12-4-2-3(8)5(9)10-6(4)11-7(12)13/h2H,1H3,(H,10,11,13). The number of aromatic nitrogens is 3. The Morgan fingerprint density at radius 3 is 2.92 bits per heavy atom. The minimum atomic E-state index is -0.235. The van der Waals surface area contributed by atoms with Crippen molar-refractivity contribution in [2.24, 2.45) is 7.05 Å². The second-order valence-electron chi connectivity index (χ2n) is 2.62. The summed E-state index contributed by atoms with van der Waals surface area (Å²) in [5, 5.41) is 0.528. The van der Waals surface area contributed by atoms with Crippen LogP contribution in [0.3, 0.4) is 0 Å². The highest BCUT2D eigenvalue weighted by Gasteiger charge is 2.07. The Kier molecular flexibility index (Phi) is 1.82. The van der Waals surface area contributed by atoms with E-state index in [0.29, 0.717) is 16.2 Å². The van der Waals surface area contributed by atoms with Crippen molar-refractivity contribution in [1.29, 1.82) is 0 Å². The molecule has 0 spiro atoms. The molecule has 0 aliphatic carbocycles. The number of pyridine rings is 1. The lowest BCUT2D eigenvalue weighted by atomic mass is 10.4. The number of nitrogens with zero attached hydrogens (tertiary/aromatic N) is 2. The van der Waals surface area contributed by atoms with E-state index in [2.05, 4.69) is 9.97 Å². The van der Waals surface area contributed by atoms with E-state index in [9.17, 15) is 4.79 Å². The van der Waals surface area contributed by atoms with Crippen LogP contribution in [0, 0.1) is 0 Å². The average Bonchev–Trinajstić information content (AvgIpc) is 2.32. The molecule has 0 amide bonds. The van der Waals surface area contributed by atoms with Crippen molar-refractivity contribution < 1.29 is 0 Å². The lowest BCUT2D eigenvalue weighted by Crippen LogP contribution is -2.11. The summed E-state index contributed by atoms with van der Waals surface area (Å²) in [6, 6.07) is 1.60. The first-order valence-electron chi connectivity index (χ1n) is 3.50. The highest BCUT2D eigenvalue weighted by Crippen LogP contribution is 2.22. The molecule has 6 heteroatoms. The molecule has 2 heterocycles. The summed E-state index contributed by atoms with van der Waals surface area (Å²) in [6.45, 7) is 0. The minimum Gasteiger partial charge on any atom is -0.294 e. The number of hydrogen-bond donors (Lipinski definition) is 1. The Hall–Kier alpha value is -1.000. The number of aryl methyl sites for hydroxylation is 1. The normalized spacial score (nSPS) is 11.0. The van der Waals surface area contributed by atoms with Crippen molar-refractivity contribution in [2.45, 2.75) is 0 Å². The number of aromatic amines is 1. The summed E-state index contributed by atoms with van der Waals surface area (Å²) in [6.07, 6.45) is 0. The molecule has 0 atom stereocenters. The smallest absolute Gasteiger partial charge is 0.294 e. The van der Waals surface area contributed by atoms with Gasteiger partial charge in [-0.3, -0.25) is 9.55 Å². The Morgan fingerprint density at radius 2 is 2.23 bits per heavy atom. The molecule has 2 aromatic rings. The van der Waals surface area contributed by atoms with E-state index in [0.717, 1.165) is 0 Å². The molecule has 0 fully saturated rings. The van der Waals surface area contributed by atoms with Crippen LogP contribution in [0.1, 0.15) is 0 Å². The molecule has 13 heavy (non-hydrogen) atoms. The predicted molar refractivity (Wildman–Crippen MR) is 51.4 cm³/mol. The Balaban J connectivity index is 2.97. The Morgan fingerprint density at radius 1 is 1.54 bits per heavy atom. The molecule has 2 aromatic heterocycles. The lowest BCUT2D eigenvalue weighted by Gasteiger charge is -1.95. The highest BCUT2D eigenvalue weighted by molar-refractivity contribution is 6.41. The van der Waals surface area contributed by atoms with Gasteiger partial charge in [0.15, 0.2) is 5.65 Å². The molecule has 0 unspecified atom stereocenters. The molecular weight excluding hydrogens is 213 g/mol. The molecule has 68 valence electrons. The van der Waals surface area contributed by atoms with Crippen molar-refractivity contribution in [3.05, 3.63) is 26.7 Å². The van der Waals surface area contributed by atoms with Crippen molar-refractivity contribution in [2.75, 3.05) is 0 Å². The van der Waals surface area contributed by atoms with Gasteiger partial charge in [0.05, 0.1) is 10.5 Å². The monoisotopic (exact) mass is 217 g/mol. The molecule has 0 aliphatic rings. The van der Waals surface area contributed by atoms with Crippen molar-refractivity contribution in [3.8, 4) is 0 Å². The quantitative estimate of drug-likeness (QED) is 0.682. The third kappa shape index (κ3) is 1.22. The number of halogens is 2. The van der Waals surface area contributed by atoms with Gasteiger partial charge in [-0.05, 0) is 6.07 Å². The van der Waals surface area contributed by atoms with Crippen molar-refractivity contribution in [3.63, 3.8) is 0 Å². The summed E-state index contributed by atoms with van der Waals surface area (Å²) in [7, 11) is 1.63. The van der Waals surface area contributed by atoms with Crippen LogP contribution in [0.25, 0.3) is 11.2 Å². The number of H-pyrrole nitrogens is 1. The van der Waals surface area contributed by atoms with Gasteiger partial charge in [0, 0.05) is 7.05 Å². The van der Waals surface area contributed by atoms with Gasteiger partial charge in [-0.1, -0.05) is 23.2 Å². The van der Waals surface area contributed by atoms with E-state index in [1.165, 1.54) is 4.57 Å². The van der Waals surface area contributed by atoms with Crippen LogP contribution in [0.2, 0.25) is 10.2 Å². The minimum absolute atomic E-state index is 0.191. The zero-order valence-electron chi connectivity index (χ0n) is 6.64. The molecular formula is C7H5Cl2N3O. The molecule has 1 N–H and O–H groups in total. The fourth-order valence-electron chi connectivity index (χ4n) is 1.10. The van der Waals surface area contributed by atoms with Gasteiger partial charge in [0.1, 0.15) is 5.15 Å². The molecule has 4 nitrogen and oxygen atoms in total. The number of rotatable bonds is 0. The lowest BCUT2D eigenvalue weighted by molar-refractivity contribution is 0.891. The van der Waals surface area contributed by atoms with Crippen LogP contribution >= 0.6 is 23.2 Å². The third-order valence-electron chi connectivity index (χ3n) is 1.80. The number of fused-ring (bicyclic) bond motifs is 1. The Labute approximate surface area is 83.1 Å². The van der Waals surface area contributed by atoms with E-state index in [1.807, 2.05) is 0 Å². The molecule has 0 aliphatic heterocycles. The van der Waals surface area contributed by atoms with Gasteiger partial charge < -0.3 is 0 Å². The average molecular weight is 218 g/mol. The zero-order valence-corrected chi connectivity index (χ0v) is 8.15. The molecule has 0 saturated heterocycles. The molecule has 0 bridgehead atoms. The van der Waals surface area contributed by atoms with Gasteiger partial charge in [0.25, 0.3) is 0 Å². The third-order valence-corrected chi connectivity index (χ3v) is 2.48. The fourth-order valence-corrected chi connectivity index (χ4v) is 1.38. The second kappa shape index (κ2) is 2.75. The summed E-state index contributed by atoms with van der Waals surface area (Å²) < 4.78 is 1.42. The fraction of sp³-hybridized carbons (Fsp3) is 0.143. The van der Waals surface area contributed by atoms with E-state index in [4.69, 9.17) is 23.2 Å².